The number of ether oxygens (including phenoxy) is 2. The fourth-order valence-electron chi connectivity index (χ4n) is 0.316. The van der Waals surface area contributed by atoms with E-state index < -0.39 is 12.1 Å². The molecule has 0 spiro atoms. The van der Waals surface area contributed by atoms with E-state index in [2.05, 4.69) is 9.47 Å². The fourth-order valence-corrected chi connectivity index (χ4v) is 0.316. The molecule has 0 aliphatic rings. The van der Waals surface area contributed by atoms with Gasteiger partial charge in [0.2, 0.25) is 0 Å². The lowest BCUT2D eigenvalue weighted by molar-refractivity contribution is -0.135. The number of rotatable bonds is 1. The van der Waals surface area contributed by atoms with Crippen LogP contribution in [0.25, 0.3) is 0 Å². The second kappa shape index (κ2) is 4.49. The van der Waals surface area contributed by atoms with Gasteiger partial charge in [-0.2, -0.15) is 0 Å². The van der Waals surface area contributed by atoms with E-state index in [9.17, 15) is 9.59 Å². The molecule has 0 rings (SSSR count). The SMILES string of the molecule is CC=C(C)C(=O)OC(=O)OC. The van der Waals surface area contributed by atoms with Crippen LogP contribution in [-0.2, 0) is 14.3 Å². The Morgan fingerprint density at radius 3 is 2.27 bits per heavy atom. The predicted octanol–water partition coefficient (Wildman–Crippen LogP) is 1.26. The smallest absolute Gasteiger partial charge is 0.437 e. The van der Waals surface area contributed by atoms with Crippen LogP contribution in [-0.4, -0.2) is 19.2 Å². The van der Waals surface area contributed by atoms with Crippen molar-refractivity contribution in [3.63, 3.8) is 0 Å². The molecule has 0 N–H and O–H groups in total. The van der Waals surface area contributed by atoms with Crippen LogP contribution in [0.1, 0.15) is 13.8 Å². The molecule has 0 saturated heterocycles. The summed E-state index contributed by atoms with van der Waals surface area (Å²) in [5, 5.41) is 0. The Bertz CT molecular complexity index is 193. The number of carbonyl (C=O) groups excluding carboxylic acids is 2. The van der Waals surface area contributed by atoms with Gasteiger partial charge >= 0.3 is 12.1 Å². The highest BCUT2D eigenvalue weighted by molar-refractivity contribution is 5.93. The van der Waals surface area contributed by atoms with E-state index in [-0.39, 0.29) is 0 Å². The van der Waals surface area contributed by atoms with Gasteiger partial charge in [0, 0.05) is 5.57 Å². The first kappa shape index (κ1) is 9.68. The van der Waals surface area contributed by atoms with E-state index in [0.29, 0.717) is 5.57 Å². The Hall–Kier alpha value is -1.32. The molecule has 0 radical (unpaired) electrons. The van der Waals surface area contributed by atoms with Crippen molar-refractivity contribution in [1.82, 2.24) is 0 Å². The van der Waals surface area contributed by atoms with E-state index >= 15 is 0 Å². The summed E-state index contributed by atoms with van der Waals surface area (Å²) in [6.45, 7) is 3.22. The molecule has 0 amide bonds. The third-order valence-corrected chi connectivity index (χ3v) is 1.10. The number of methoxy groups -OCH3 is 1. The highest BCUT2D eigenvalue weighted by Gasteiger charge is 2.10. The molecular formula is C7H10O4. The van der Waals surface area contributed by atoms with Crippen LogP contribution in [0.15, 0.2) is 11.6 Å². The molecule has 0 aliphatic carbocycles. The molecular weight excluding hydrogens is 148 g/mol. The molecule has 0 saturated carbocycles. The second-order valence-corrected chi connectivity index (χ2v) is 1.82. The summed E-state index contributed by atoms with van der Waals surface area (Å²) < 4.78 is 8.29. The summed E-state index contributed by atoms with van der Waals surface area (Å²) in [7, 11) is 1.14. The minimum Gasteiger partial charge on any atom is -0.437 e. The maximum absolute atomic E-state index is 10.8. The Morgan fingerprint density at radius 1 is 1.36 bits per heavy atom. The Kier molecular flexibility index (Phi) is 3.95. The van der Waals surface area contributed by atoms with Gasteiger partial charge in [0.1, 0.15) is 0 Å². The van der Waals surface area contributed by atoms with Gasteiger partial charge in [-0.1, -0.05) is 6.08 Å². The Labute approximate surface area is 64.8 Å². The zero-order valence-electron chi connectivity index (χ0n) is 6.71. The largest absolute Gasteiger partial charge is 0.516 e. The standard InChI is InChI=1S/C7H10O4/c1-4-5(2)6(8)11-7(9)10-3/h4H,1-3H3. The molecule has 0 aromatic rings. The minimum atomic E-state index is -0.990. The van der Waals surface area contributed by atoms with Crippen molar-refractivity contribution in [2.75, 3.05) is 7.11 Å². The summed E-state index contributed by atoms with van der Waals surface area (Å²) in [5.74, 6) is -0.681. The van der Waals surface area contributed by atoms with Crippen LogP contribution in [0, 0.1) is 0 Å². The van der Waals surface area contributed by atoms with Crippen molar-refractivity contribution in [2.45, 2.75) is 13.8 Å². The maximum atomic E-state index is 10.8. The van der Waals surface area contributed by atoms with Crippen molar-refractivity contribution in [2.24, 2.45) is 0 Å². The quantitative estimate of drug-likeness (QED) is 0.327. The zero-order chi connectivity index (χ0) is 8.85. The van der Waals surface area contributed by atoms with Crippen molar-refractivity contribution >= 4 is 12.1 Å². The van der Waals surface area contributed by atoms with Gasteiger partial charge in [-0.25, -0.2) is 9.59 Å². The number of esters is 1. The zero-order valence-corrected chi connectivity index (χ0v) is 6.71. The Balaban J connectivity index is 3.98. The van der Waals surface area contributed by atoms with Crippen molar-refractivity contribution in [1.29, 1.82) is 0 Å². The molecule has 0 aromatic carbocycles. The second-order valence-electron chi connectivity index (χ2n) is 1.82. The number of hydrogen-bond acceptors (Lipinski definition) is 4. The van der Waals surface area contributed by atoms with Gasteiger partial charge in [0.25, 0.3) is 0 Å². The first-order chi connectivity index (χ1) is 5.11. The average Bonchev–Trinajstić information content (AvgIpc) is 2.02. The average molecular weight is 158 g/mol. The molecule has 0 heterocycles. The van der Waals surface area contributed by atoms with Gasteiger partial charge < -0.3 is 9.47 Å². The van der Waals surface area contributed by atoms with Gasteiger partial charge in [-0.3, -0.25) is 0 Å². The molecule has 4 heteroatoms. The fraction of sp³-hybridized carbons (Fsp3) is 0.429. The first-order valence-corrected chi connectivity index (χ1v) is 3.04. The molecule has 0 unspecified atom stereocenters. The molecule has 0 bridgehead atoms. The molecule has 4 nitrogen and oxygen atoms in total. The number of carbonyl (C=O) groups is 2. The van der Waals surface area contributed by atoms with Crippen LogP contribution in [0.5, 0.6) is 0 Å². The monoisotopic (exact) mass is 158 g/mol. The van der Waals surface area contributed by atoms with Crippen LogP contribution >= 0.6 is 0 Å². The lowest BCUT2D eigenvalue weighted by Crippen LogP contribution is -2.12. The van der Waals surface area contributed by atoms with E-state index in [0.717, 1.165) is 7.11 Å². The summed E-state index contributed by atoms with van der Waals surface area (Å²) >= 11 is 0. The predicted molar refractivity (Wildman–Crippen MR) is 37.9 cm³/mol. The van der Waals surface area contributed by atoms with E-state index in [1.807, 2.05) is 0 Å². The molecule has 62 valence electrons. The van der Waals surface area contributed by atoms with Crippen molar-refractivity contribution < 1.29 is 19.1 Å². The van der Waals surface area contributed by atoms with E-state index in [1.54, 1.807) is 19.9 Å². The van der Waals surface area contributed by atoms with Crippen LogP contribution < -0.4 is 0 Å². The number of allylic oxidation sites excluding steroid dienone is 1. The van der Waals surface area contributed by atoms with Gasteiger partial charge in [-0.05, 0) is 13.8 Å². The topological polar surface area (TPSA) is 52.6 Å². The summed E-state index contributed by atoms with van der Waals surface area (Å²) in [4.78, 5) is 21.1. The minimum absolute atomic E-state index is 0.371. The molecule has 0 fully saturated rings. The Morgan fingerprint density at radius 2 is 1.91 bits per heavy atom. The molecule has 0 atom stereocenters. The van der Waals surface area contributed by atoms with Crippen LogP contribution in [0.2, 0.25) is 0 Å². The molecule has 0 aromatic heterocycles. The van der Waals surface area contributed by atoms with Crippen LogP contribution in [0.3, 0.4) is 0 Å². The maximum Gasteiger partial charge on any atom is 0.516 e. The van der Waals surface area contributed by atoms with E-state index in [1.165, 1.54) is 0 Å². The molecule has 0 aliphatic heterocycles. The normalized spacial score (nSPS) is 10.6. The summed E-state index contributed by atoms with van der Waals surface area (Å²) in [5.41, 5.74) is 0.371. The lowest BCUT2D eigenvalue weighted by Gasteiger charge is -1.99. The summed E-state index contributed by atoms with van der Waals surface area (Å²) in [6.07, 6.45) is 0.557. The third-order valence-electron chi connectivity index (χ3n) is 1.10. The third kappa shape index (κ3) is 3.40. The highest BCUT2D eigenvalue weighted by atomic mass is 16.7. The number of hydrogen-bond donors (Lipinski definition) is 0. The molecule has 11 heavy (non-hydrogen) atoms. The lowest BCUT2D eigenvalue weighted by atomic mass is 10.3. The van der Waals surface area contributed by atoms with Crippen LogP contribution in [0.4, 0.5) is 4.79 Å². The van der Waals surface area contributed by atoms with Crippen molar-refractivity contribution in [3.05, 3.63) is 11.6 Å². The van der Waals surface area contributed by atoms with Gasteiger partial charge in [-0.15, -0.1) is 0 Å². The van der Waals surface area contributed by atoms with Gasteiger partial charge in [0.15, 0.2) is 0 Å². The first-order valence-electron chi connectivity index (χ1n) is 3.04. The van der Waals surface area contributed by atoms with Crippen molar-refractivity contribution in [3.8, 4) is 0 Å². The van der Waals surface area contributed by atoms with E-state index in [4.69, 9.17) is 0 Å². The van der Waals surface area contributed by atoms with Gasteiger partial charge in [0.05, 0.1) is 7.11 Å². The highest BCUT2D eigenvalue weighted by Crippen LogP contribution is 1.96. The summed E-state index contributed by atoms with van der Waals surface area (Å²) in [6, 6.07) is 0.